The van der Waals surface area contributed by atoms with Gasteiger partial charge in [-0.05, 0) is 85.8 Å². The monoisotopic (exact) mass is 490 g/mol. The average Bonchev–Trinajstić information content (AvgIpc) is 3.53. The Hall–Kier alpha value is -3.99. The summed E-state index contributed by atoms with van der Waals surface area (Å²) >= 11 is 0. The Kier molecular flexibility index (Phi) is 6.21. The van der Waals surface area contributed by atoms with Gasteiger partial charge < -0.3 is 10.2 Å². The first-order chi connectivity index (χ1) is 18.0. The van der Waals surface area contributed by atoms with Gasteiger partial charge in [0.1, 0.15) is 5.69 Å². The van der Waals surface area contributed by atoms with Crippen LogP contribution in [0.25, 0.3) is 5.65 Å². The summed E-state index contributed by atoms with van der Waals surface area (Å²) < 4.78 is 1.72. The number of likely N-dealkylation sites (N-methyl/N-ethyl adjacent to an activating group) is 1. The van der Waals surface area contributed by atoms with Gasteiger partial charge in [-0.15, -0.1) is 0 Å². The fourth-order valence-corrected chi connectivity index (χ4v) is 5.33. The van der Waals surface area contributed by atoms with Gasteiger partial charge in [0.2, 0.25) is 0 Å². The van der Waals surface area contributed by atoms with Crippen LogP contribution < -0.4 is 5.32 Å². The second-order valence-corrected chi connectivity index (χ2v) is 9.98. The van der Waals surface area contributed by atoms with Crippen molar-refractivity contribution in [3.8, 4) is 11.8 Å². The van der Waals surface area contributed by atoms with E-state index in [-0.39, 0.29) is 5.91 Å². The Morgan fingerprint density at radius 1 is 1.05 bits per heavy atom. The van der Waals surface area contributed by atoms with Crippen LogP contribution in [0.3, 0.4) is 0 Å². The molecule has 3 heterocycles. The molecule has 37 heavy (non-hydrogen) atoms. The number of piperazine rings is 1. The third kappa shape index (κ3) is 4.74. The molecule has 7 heteroatoms. The summed E-state index contributed by atoms with van der Waals surface area (Å²) in [5, 5.41) is 7.38. The van der Waals surface area contributed by atoms with E-state index in [2.05, 4.69) is 56.2 Å². The molecule has 0 radical (unpaired) electrons. The van der Waals surface area contributed by atoms with Gasteiger partial charge in [0.15, 0.2) is 5.65 Å². The highest BCUT2D eigenvalue weighted by Crippen LogP contribution is 2.36. The quantitative estimate of drug-likeness (QED) is 0.441. The lowest BCUT2D eigenvalue weighted by Crippen LogP contribution is -2.45. The minimum absolute atomic E-state index is 0.0976. The maximum atomic E-state index is 13.1. The van der Waals surface area contributed by atoms with Gasteiger partial charge in [-0.3, -0.25) is 9.69 Å². The summed E-state index contributed by atoms with van der Waals surface area (Å²) in [6, 6.07) is 16.3. The molecule has 2 aliphatic rings. The Bertz CT molecular complexity index is 1540. The maximum Gasteiger partial charge on any atom is 0.255 e. The van der Waals surface area contributed by atoms with Crippen molar-refractivity contribution in [3.05, 3.63) is 94.4 Å². The molecule has 2 aromatic heterocycles. The number of fused-ring (bicyclic) bond motifs is 2. The fraction of sp³-hybridized carbons (Fsp3) is 0.300. The largest absolute Gasteiger partial charge is 0.322 e. The number of benzene rings is 2. The highest BCUT2D eigenvalue weighted by molar-refractivity contribution is 6.04. The number of nitrogens with zero attached hydrogens (tertiary/aromatic N) is 5. The number of aromatic nitrogens is 3. The molecule has 0 saturated carbocycles. The summed E-state index contributed by atoms with van der Waals surface area (Å²) in [6.45, 7) is 6.46. The van der Waals surface area contributed by atoms with Crippen molar-refractivity contribution in [2.75, 3.05) is 38.5 Å². The molecule has 1 saturated heterocycles. The number of carbonyl (C=O) groups excluding carboxylic acids is 1. The van der Waals surface area contributed by atoms with Crippen molar-refractivity contribution >= 4 is 17.2 Å². The number of nitrogens with one attached hydrogen (secondary N) is 1. The number of anilines is 1. The molecule has 0 unspecified atom stereocenters. The molecule has 186 valence electrons. The molecule has 7 nitrogen and oxygen atoms in total. The van der Waals surface area contributed by atoms with E-state index in [0.717, 1.165) is 67.2 Å². The molecule has 1 N–H and O–H groups in total. The smallest absolute Gasteiger partial charge is 0.255 e. The van der Waals surface area contributed by atoms with Crippen LogP contribution >= 0.6 is 0 Å². The van der Waals surface area contributed by atoms with E-state index in [1.165, 1.54) is 11.1 Å². The standard InChI is InChI=1S/C30H30N6O/c1-21-5-9-25(19-22(21)6-10-26-20-31-29-4-3-13-32-36(26)29)33-30(37)24-7-11-27-23(18-24)8-12-28(27)35-16-14-34(2)15-17-35/h3-5,7,9,11,13,18-20,28H,8,12,14-17H2,1-2H3,(H,33,37)/t28-/m0/s1. The van der Waals surface area contributed by atoms with Crippen molar-refractivity contribution in [1.29, 1.82) is 0 Å². The predicted octanol–water partition coefficient (Wildman–Crippen LogP) is 3.92. The van der Waals surface area contributed by atoms with Crippen molar-refractivity contribution in [2.45, 2.75) is 25.8 Å². The van der Waals surface area contributed by atoms with Gasteiger partial charge in [-0.2, -0.15) is 5.10 Å². The Labute approximate surface area is 217 Å². The fourth-order valence-electron chi connectivity index (χ4n) is 5.33. The lowest BCUT2D eigenvalue weighted by molar-refractivity contribution is 0.102. The first-order valence-electron chi connectivity index (χ1n) is 12.8. The van der Waals surface area contributed by atoms with Gasteiger partial charge in [0.25, 0.3) is 5.91 Å². The molecule has 1 aliphatic heterocycles. The number of imidazole rings is 1. The van der Waals surface area contributed by atoms with E-state index < -0.39 is 0 Å². The number of carbonyl (C=O) groups is 1. The van der Waals surface area contributed by atoms with Crippen molar-refractivity contribution in [1.82, 2.24) is 24.4 Å². The highest BCUT2D eigenvalue weighted by atomic mass is 16.1. The highest BCUT2D eigenvalue weighted by Gasteiger charge is 2.30. The second-order valence-electron chi connectivity index (χ2n) is 9.98. The molecule has 0 bridgehead atoms. The molecule has 1 aliphatic carbocycles. The molecule has 2 aromatic carbocycles. The first-order valence-corrected chi connectivity index (χ1v) is 12.8. The number of hydrogen-bond donors (Lipinski definition) is 1. The topological polar surface area (TPSA) is 65.8 Å². The minimum Gasteiger partial charge on any atom is -0.322 e. The van der Waals surface area contributed by atoms with Crippen molar-refractivity contribution < 1.29 is 4.79 Å². The van der Waals surface area contributed by atoms with Crippen LogP contribution in [0.2, 0.25) is 0 Å². The average molecular weight is 491 g/mol. The van der Waals surface area contributed by atoms with Crippen LogP contribution in [-0.4, -0.2) is 63.5 Å². The summed E-state index contributed by atoms with van der Waals surface area (Å²) in [7, 11) is 2.19. The number of amides is 1. The summed E-state index contributed by atoms with van der Waals surface area (Å²) in [6.07, 6.45) is 5.59. The maximum absolute atomic E-state index is 13.1. The summed E-state index contributed by atoms with van der Waals surface area (Å²) in [5.41, 5.74) is 7.48. The number of aryl methyl sites for hydroxylation is 2. The molecular weight excluding hydrogens is 460 g/mol. The van der Waals surface area contributed by atoms with E-state index in [1.807, 2.05) is 43.3 Å². The van der Waals surface area contributed by atoms with E-state index in [4.69, 9.17) is 0 Å². The zero-order valence-corrected chi connectivity index (χ0v) is 21.2. The van der Waals surface area contributed by atoms with Gasteiger partial charge >= 0.3 is 0 Å². The Morgan fingerprint density at radius 3 is 2.78 bits per heavy atom. The van der Waals surface area contributed by atoms with E-state index in [0.29, 0.717) is 11.6 Å². The van der Waals surface area contributed by atoms with Crippen molar-refractivity contribution in [2.24, 2.45) is 0 Å². The van der Waals surface area contributed by atoms with Crippen LogP contribution in [0.1, 0.15) is 50.8 Å². The van der Waals surface area contributed by atoms with Crippen molar-refractivity contribution in [3.63, 3.8) is 0 Å². The SMILES string of the molecule is Cc1ccc(NC(=O)c2ccc3c(c2)CC[C@@H]3N2CCN(C)CC2)cc1C#Cc1cnc2cccnn12. The Balaban J connectivity index is 1.18. The van der Waals surface area contributed by atoms with E-state index in [1.54, 1.807) is 16.9 Å². The van der Waals surface area contributed by atoms with E-state index in [9.17, 15) is 4.79 Å². The van der Waals surface area contributed by atoms with Crippen LogP contribution in [0.5, 0.6) is 0 Å². The molecule has 4 aromatic rings. The molecule has 0 spiro atoms. The minimum atomic E-state index is -0.0976. The number of rotatable bonds is 3. The molecule has 6 rings (SSSR count). The predicted molar refractivity (Wildman–Crippen MR) is 145 cm³/mol. The zero-order chi connectivity index (χ0) is 25.4. The normalized spacial score (nSPS) is 17.8. The lowest BCUT2D eigenvalue weighted by Gasteiger charge is -2.36. The molecule has 1 atom stereocenters. The van der Waals surface area contributed by atoms with Gasteiger partial charge in [0.05, 0.1) is 6.20 Å². The van der Waals surface area contributed by atoms with Gasteiger partial charge in [-0.1, -0.05) is 18.1 Å². The summed E-state index contributed by atoms with van der Waals surface area (Å²) in [5.74, 6) is 6.29. The van der Waals surface area contributed by atoms with Crippen LogP contribution in [0.4, 0.5) is 5.69 Å². The summed E-state index contributed by atoms with van der Waals surface area (Å²) in [4.78, 5) is 22.5. The second kappa shape index (κ2) is 9.81. The Morgan fingerprint density at radius 2 is 1.92 bits per heavy atom. The third-order valence-corrected chi connectivity index (χ3v) is 7.53. The zero-order valence-electron chi connectivity index (χ0n) is 21.2. The lowest BCUT2D eigenvalue weighted by atomic mass is 10.0. The molecule has 1 fully saturated rings. The van der Waals surface area contributed by atoms with Gasteiger partial charge in [0, 0.05) is 55.2 Å². The van der Waals surface area contributed by atoms with Crippen LogP contribution in [0, 0.1) is 18.8 Å². The molecular formula is C30H30N6O. The third-order valence-electron chi connectivity index (χ3n) is 7.53. The number of hydrogen-bond acceptors (Lipinski definition) is 5. The first kappa shape index (κ1) is 23.4. The van der Waals surface area contributed by atoms with Gasteiger partial charge in [-0.25, -0.2) is 9.50 Å². The molecule has 1 amide bonds. The van der Waals surface area contributed by atoms with Crippen LogP contribution in [-0.2, 0) is 6.42 Å². The van der Waals surface area contributed by atoms with E-state index >= 15 is 0 Å². The van der Waals surface area contributed by atoms with Crippen LogP contribution in [0.15, 0.2) is 60.9 Å².